The molecule has 0 aromatic carbocycles. The van der Waals surface area contributed by atoms with Crippen molar-refractivity contribution in [1.82, 2.24) is 0 Å². The summed E-state index contributed by atoms with van der Waals surface area (Å²) < 4.78 is 18.2. The molecule has 2 aliphatic carbocycles. The van der Waals surface area contributed by atoms with E-state index in [1.807, 2.05) is 0 Å². The number of nitro groups is 1. The summed E-state index contributed by atoms with van der Waals surface area (Å²) in [6, 6.07) is 0. The van der Waals surface area contributed by atoms with Crippen molar-refractivity contribution in [2.24, 2.45) is 17.3 Å². The van der Waals surface area contributed by atoms with Crippen LogP contribution in [0.4, 0.5) is 4.39 Å². The number of rotatable bonds is 5. The number of hydrogen-bond donors (Lipinski definition) is 0. The minimum Gasteiger partial charge on any atom is -0.466 e. The lowest BCUT2D eigenvalue weighted by molar-refractivity contribution is -0.506. The molecule has 18 heavy (non-hydrogen) atoms. The van der Waals surface area contributed by atoms with Gasteiger partial charge in [-0.15, -0.1) is 0 Å². The van der Waals surface area contributed by atoms with E-state index in [1.54, 1.807) is 6.92 Å². The Hall–Kier alpha value is -1.20. The molecule has 0 saturated heterocycles. The standard InChI is InChI=1S/C12H18FNO4/c1-2-18-11(15)6-12(7-14(16)17)5-8-3-9(13)4-10(8)12/h8-10H,2-7H2,1H3. The van der Waals surface area contributed by atoms with Gasteiger partial charge in [-0.25, -0.2) is 4.39 Å². The Bertz CT molecular complexity index is 362. The van der Waals surface area contributed by atoms with Crippen LogP contribution in [0, 0.1) is 27.4 Å². The molecular formula is C12H18FNO4. The molecule has 4 atom stereocenters. The molecule has 2 aliphatic rings. The van der Waals surface area contributed by atoms with Crippen LogP contribution in [0.1, 0.15) is 32.6 Å². The minimum absolute atomic E-state index is 0.0256. The van der Waals surface area contributed by atoms with Gasteiger partial charge in [0.1, 0.15) is 6.17 Å². The Morgan fingerprint density at radius 3 is 2.83 bits per heavy atom. The largest absolute Gasteiger partial charge is 0.466 e. The molecule has 0 spiro atoms. The molecule has 2 saturated carbocycles. The minimum atomic E-state index is -0.865. The van der Waals surface area contributed by atoms with E-state index in [-0.39, 0.29) is 36.3 Å². The van der Waals surface area contributed by atoms with Gasteiger partial charge in [0.15, 0.2) is 0 Å². The summed E-state index contributed by atoms with van der Waals surface area (Å²) in [7, 11) is 0. The lowest BCUT2D eigenvalue weighted by Crippen LogP contribution is -2.51. The molecule has 6 heteroatoms. The number of carbonyl (C=O) groups is 1. The number of alkyl halides is 1. The van der Waals surface area contributed by atoms with Crippen molar-refractivity contribution in [2.75, 3.05) is 13.2 Å². The summed E-state index contributed by atoms with van der Waals surface area (Å²) in [5.74, 6) is -0.211. The number of ether oxygens (including phenoxy) is 1. The fourth-order valence-corrected chi connectivity index (χ4v) is 3.74. The zero-order chi connectivity index (χ0) is 13.3. The average Bonchev–Trinajstić information content (AvgIpc) is 2.54. The van der Waals surface area contributed by atoms with Gasteiger partial charge in [0.05, 0.1) is 13.0 Å². The Morgan fingerprint density at radius 1 is 1.56 bits per heavy atom. The molecule has 0 bridgehead atoms. The van der Waals surface area contributed by atoms with Gasteiger partial charge in [0.25, 0.3) is 0 Å². The molecule has 0 aromatic heterocycles. The van der Waals surface area contributed by atoms with E-state index in [1.165, 1.54) is 0 Å². The highest BCUT2D eigenvalue weighted by Crippen LogP contribution is 2.61. The first-order valence-electron chi connectivity index (χ1n) is 6.38. The number of nitrogens with zero attached hydrogens (tertiary/aromatic N) is 1. The molecule has 102 valence electrons. The second-order valence-corrected chi connectivity index (χ2v) is 5.47. The highest BCUT2D eigenvalue weighted by Gasteiger charge is 2.61. The highest BCUT2D eigenvalue weighted by atomic mass is 19.1. The smallest absolute Gasteiger partial charge is 0.306 e. The molecular weight excluding hydrogens is 241 g/mol. The third-order valence-corrected chi connectivity index (χ3v) is 4.34. The second-order valence-electron chi connectivity index (χ2n) is 5.47. The number of hydrogen-bond acceptors (Lipinski definition) is 4. The summed E-state index contributed by atoms with van der Waals surface area (Å²) in [5.41, 5.74) is -0.665. The summed E-state index contributed by atoms with van der Waals surface area (Å²) >= 11 is 0. The van der Waals surface area contributed by atoms with Crippen LogP contribution in [0.5, 0.6) is 0 Å². The van der Waals surface area contributed by atoms with E-state index in [0.29, 0.717) is 19.3 Å². The van der Waals surface area contributed by atoms with Crippen molar-refractivity contribution in [3.63, 3.8) is 0 Å². The second kappa shape index (κ2) is 4.82. The third kappa shape index (κ3) is 2.33. The van der Waals surface area contributed by atoms with Gasteiger partial charge in [-0.05, 0) is 38.0 Å². The van der Waals surface area contributed by atoms with E-state index in [0.717, 1.165) is 0 Å². The molecule has 2 fully saturated rings. The highest BCUT2D eigenvalue weighted by molar-refractivity contribution is 5.70. The summed E-state index contributed by atoms with van der Waals surface area (Å²) in [4.78, 5) is 22.0. The van der Waals surface area contributed by atoms with E-state index in [9.17, 15) is 19.3 Å². The van der Waals surface area contributed by atoms with Crippen molar-refractivity contribution in [1.29, 1.82) is 0 Å². The first kappa shape index (κ1) is 13.2. The van der Waals surface area contributed by atoms with Crippen LogP contribution in [0.25, 0.3) is 0 Å². The number of fused-ring (bicyclic) bond motifs is 1. The van der Waals surface area contributed by atoms with Crippen molar-refractivity contribution < 1.29 is 18.8 Å². The van der Waals surface area contributed by atoms with Crippen molar-refractivity contribution in [2.45, 2.75) is 38.8 Å². The van der Waals surface area contributed by atoms with E-state index in [2.05, 4.69) is 0 Å². The van der Waals surface area contributed by atoms with Crippen LogP contribution < -0.4 is 0 Å². The Balaban J connectivity index is 2.06. The average molecular weight is 259 g/mol. The van der Waals surface area contributed by atoms with Gasteiger partial charge >= 0.3 is 5.97 Å². The SMILES string of the molecule is CCOC(=O)CC1(C[N+](=O)[O-])CC2CC(F)CC21. The van der Waals surface area contributed by atoms with Crippen LogP contribution in [-0.4, -0.2) is 30.2 Å². The van der Waals surface area contributed by atoms with Crippen molar-refractivity contribution >= 4 is 5.97 Å². The summed E-state index contributed by atoms with van der Waals surface area (Å²) in [6.45, 7) is 1.72. The fourth-order valence-electron chi connectivity index (χ4n) is 3.74. The number of halogens is 1. The van der Waals surface area contributed by atoms with Gasteiger partial charge in [-0.2, -0.15) is 0 Å². The molecule has 0 N–H and O–H groups in total. The van der Waals surface area contributed by atoms with E-state index < -0.39 is 17.6 Å². The predicted octanol–water partition coefficient (Wildman–Crippen LogP) is 1.97. The van der Waals surface area contributed by atoms with E-state index >= 15 is 0 Å². The Labute approximate surface area is 105 Å². The van der Waals surface area contributed by atoms with Gasteiger partial charge in [0.2, 0.25) is 6.54 Å². The van der Waals surface area contributed by atoms with Gasteiger partial charge < -0.3 is 4.74 Å². The zero-order valence-corrected chi connectivity index (χ0v) is 10.4. The molecule has 2 rings (SSSR count). The Morgan fingerprint density at radius 2 is 2.28 bits per heavy atom. The first-order chi connectivity index (χ1) is 8.47. The quantitative estimate of drug-likeness (QED) is 0.430. The third-order valence-electron chi connectivity index (χ3n) is 4.34. The molecule has 0 heterocycles. The number of esters is 1. The molecule has 0 radical (unpaired) electrons. The van der Waals surface area contributed by atoms with Crippen LogP contribution in [0.15, 0.2) is 0 Å². The summed E-state index contributed by atoms with van der Waals surface area (Å²) in [5, 5.41) is 10.8. The van der Waals surface area contributed by atoms with Crippen molar-refractivity contribution in [3.8, 4) is 0 Å². The van der Waals surface area contributed by atoms with Crippen molar-refractivity contribution in [3.05, 3.63) is 10.1 Å². The molecule has 0 amide bonds. The normalized spacial score (nSPS) is 37.8. The molecule has 0 aliphatic heterocycles. The maximum absolute atomic E-state index is 13.3. The lowest BCUT2D eigenvalue weighted by Gasteiger charge is -2.49. The van der Waals surface area contributed by atoms with Crippen LogP contribution in [-0.2, 0) is 9.53 Å². The summed E-state index contributed by atoms with van der Waals surface area (Å²) in [6.07, 6.45) is 0.620. The zero-order valence-electron chi connectivity index (χ0n) is 10.4. The van der Waals surface area contributed by atoms with Crippen LogP contribution in [0.2, 0.25) is 0 Å². The predicted molar refractivity (Wildman–Crippen MR) is 61.3 cm³/mol. The lowest BCUT2D eigenvalue weighted by atomic mass is 9.53. The van der Waals surface area contributed by atoms with Gasteiger partial charge in [-0.3, -0.25) is 14.9 Å². The maximum Gasteiger partial charge on any atom is 0.306 e. The molecule has 0 aromatic rings. The first-order valence-corrected chi connectivity index (χ1v) is 6.38. The van der Waals surface area contributed by atoms with Gasteiger partial charge in [0, 0.05) is 10.3 Å². The topological polar surface area (TPSA) is 69.4 Å². The Kier molecular flexibility index (Phi) is 3.54. The van der Waals surface area contributed by atoms with Gasteiger partial charge in [-0.1, -0.05) is 0 Å². The fraction of sp³-hybridized carbons (Fsp3) is 0.917. The molecule has 5 nitrogen and oxygen atoms in total. The number of carbonyl (C=O) groups excluding carboxylic acids is 1. The molecule has 4 unspecified atom stereocenters. The van der Waals surface area contributed by atoms with Crippen LogP contribution >= 0.6 is 0 Å². The van der Waals surface area contributed by atoms with E-state index in [4.69, 9.17) is 4.74 Å². The maximum atomic E-state index is 13.3. The van der Waals surface area contributed by atoms with Crippen LogP contribution in [0.3, 0.4) is 0 Å². The monoisotopic (exact) mass is 259 g/mol.